The van der Waals surface area contributed by atoms with Crippen molar-refractivity contribution in [3.05, 3.63) is 162 Å². The van der Waals surface area contributed by atoms with Gasteiger partial charge in [0.1, 0.15) is 12.1 Å². The number of fused-ring (bicyclic) bond motifs is 1. The molecular weight excluding hydrogens is 522 g/mol. The minimum absolute atomic E-state index is 0.149. The van der Waals surface area contributed by atoms with E-state index in [9.17, 15) is 9.59 Å². The van der Waals surface area contributed by atoms with Gasteiger partial charge in [-0.05, 0) is 46.2 Å². The summed E-state index contributed by atoms with van der Waals surface area (Å²) < 4.78 is 5.39. The fourth-order valence-electron chi connectivity index (χ4n) is 5.07. The van der Waals surface area contributed by atoms with E-state index in [0.29, 0.717) is 6.42 Å². The highest BCUT2D eigenvalue weighted by molar-refractivity contribution is 5.83. The number of amides is 1. The van der Waals surface area contributed by atoms with Crippen LogP contribution in [-0.2, 0) is 26.5 Å². The Bertz CT molecular complexity index is 1560. The number of nitrogens with two attached hydrogens (primary N) is 1. The molecule has 0 aliphatic rings. The second-order valence-corrected chi connectivity index (χ2v) is 10.1. The van der Waals surface area contributed by atoms with Crippen molar-refractivity contribution in [2.45, 2.75) is 31.0 Å². The fraction of sp³-hybridized carbons (Fsp3) is 0.139. The highest BCUT2D eigenvalue weighted by Gasteiger charge is 2.37. The van der Waals surface area contributed by atoms with E-state index in [0.717, 1.165) is 33.0 Å². The molecule has 0 unspecified atom stereocenters. The summed E-state index contributed by atoms with van der Waals surface area (Å²) in [6.07, 6.45) is 6.98. The number of nitrogens with one attached hydrogen (secondary N) is 1. The molecule has 0 saturated carbocycles. The van der Waals surface area contributed by atoms with Gasteiger partial charge in [0, 0.05) is 36.3 Å². The first-order valence-corrected chi connectivity index (χ1v) is 14.0. The van der Waals surface area contributed by atoms with Gasteiger partial charge in [-0.2, -0.15) is 0 Å². The molecule has 42 heavy (non-hydrogen) atoms. The molecule has 1 amide bonds. The van der Waals surface area contributed by atoms with Crippen LogP contribution >= 0.6 is 0 Å². The van der Waals surface area contributed by atoms with Crippen molar-refractivity contribution in [3.8, 4) is 0 Å². The van der Waals surface area contributed by atoms with Crippen LogP contribution in [0.3, 0.4) is 0 Å². The lowest BCUT2D eigenvalue weighted by Gasteiger charge is -2.37. The highest BCUT2D eigenvalue weighted by atomic mass is 16.5. The van der Waals surface area contributed by atoms with Gasteiger partial charge in [-0.15, -0.1) is 0 Å². The van der Waals surface area contributed by atoms with E-state index in [2.05, 4.69) is 10.3 Å². The van der Waals surface area contributed by atoms with E-state index in [1.165, 1.54) is 6.08 Å². The van der Waals surface area contributed by atoms with Crippen LogP contribution < -0.4 is 11.1 Å². The van der Waals surface area contributed by atoms with Crippen LogP contribution in [-0.4, -0.2) is 22.9 Å². The molecule has 0 radical (unpaired) electrons. The first-order chi connectivity index (χ1) is 20.5. The molecule has 5 aromatic rings. The average molecular weight is 556 g/mol. The summed E-state index contributed by atoms with van der Waals surface area (Å²) in [5.41, 5.74) is 9.11. The monoisotopic (exact) mass is 555 g/mol. The number of pyridine rings is 1. The zero-order valence-electron chi connectivity index (χ0n) is 23.2. The third kappa shape index (κ3) is 6.79. The van der Waals surface area contributed by atoms with Gasteiger partial charge in [0.25, 0.3) is 0 Å². The Balaban J connectivity index is 1.23. The lowest BCUT2D eigenvalue weighted by atomic mass is 9.77. The summed E-state index contributed by atoms with van der Waals surface area (Å²) in [5.74, 6) is -0.634. The average Bonchev–Trinajstić information content (AvgIpc) is 3.05. The number of nitrogens with zero attached hydrogens (tertiary/aromatic N) is 1. The number of hydrogen-bond acceptors (Lipinski definition) is 5. The molecule has 5 rings (SSSR count). The third-order valence-electron chi connectivity index (χ3n) is 7.22. The van der Waals surface area contributed by atoms with E-state index in [1.807, 2.05) is 115 Å². The maximum absolute atomic E-state index is 13.5. The Morgan fingerprint density at radius 1 is 0.810 bits per heavy atom. The second kappa shape index (κ2) is 13.5. The number of carbonyl (C=O) groups is 2. The SMILES string of the molecule is N[C@H](/C=C/C(=O)OCc1ccc2cnccc2c1)CCC(=O)NC(c1ccccc1)(c1ccccc1)c1ccccc1. The van der Waals surface area contributed by atoms with E-state index in [1.54, 1.807) is 18.5 Å². The third-order valence-corrected chi connectivity index (χ3v) is 7.22. The Morgan fingerprint density at radius 3 is 2.00 bits per heavy atom. The van der Waals surface area contributed by atoms with Crippen molar-refractivity contribution in [1.29, 1.82) is 0 Å². The van der Waals surface area contributed by atoms with Crippen molar-refractivity contribution in [3.63, 3.8) is 0 Å². The predicted molar refractivity (Wildman–Crippen MR) is 165 cm³/mol. The fourth-order valence-corrected chi connectivity index (χ4v) is 5.07. The number of aromatic nitrogens is 1. The number of benzene rings is 4. The molecule has 0 spiro atoms. The quantitative estimate of drug-likeness (QED) is 0.118. The molecule has 6 nitrogen and oxygen atoms in total. The number of hydrogen-bond donors (Lipinski definition) is 2. The summed E-state index contributed by atoms with van der Waals surface area (Å²) in [4.78, 5) is 29.9. The standard InChI is InChI=1S/C36H33N3O3/c37-33(19-21-35(41)42-26-27-16-17-29-25-38-23-22-28(29)24-27)18-20-34(40)39-36(30-10-4-1-5-11-30,31-12-6-2-7-13-31)32-14-8-3-9-15-32/h1-17,19,21-25,33H,18,20,26,37H2,(H,39,40)/b21-19+/t33-/m0/s1. The molecule has 0 aliphatic carbocycles. The van der Waals surface area contributed by atoms with Crippen LogP contribution in [0.25, 0.3) is 10.8 Å². The molecule has 0 bridgehead atoms. The summed E-state index contributed by atoms with van der Waals surface area (Å²) in [6.45, 7) is 0.152. The zero-order valence-corrected chi connectivity index (χ0v) is 23.2. The molecule has 1 aromatic heterocycles. The first-order valence-electron chi connectivity index (χ1n) is 14.0. The number of rotatable bonds is 11. The molecular formula is C36H33N3O3. The summed E-state index contributed by atoms with van der Waals surface area (Å²) in [7, 11) is 0. The Hall–Kier alpha value is -5.07. The summed E-state index contributed by atoms with van der Waals surface area (Å²) >= 11 is 0. The van der Waals surface area contributed by atoms with Crippen molar-refractivity contribution >= 4 is 22.6 Å². The van der Waals surface area contributed by atoms with Gasteiger partial charge in [-0.25, -0.2) is 4.79 Å². The van der Waals surface area contributed by atoms with Crippen molar-refractivity contribution in [2.24, 2.45) is 5.73 Å². The summed E-state index contributed by atoms with van der Waals surface area (Å²) in [6, 6.07) is 37.1. The molecule has 3 N–H and O–H groups in total. The maximum atomic E-state index is 13.5. The molecule has 4 aromatic carbocycles. The minimum atomic E-state index is -0.885. The van der Waals surface area contributed by atoms with Crippen LogP contribution in [0.5, 0.6) is 0 Å². The van der Waals surface area contributed by atoms with Gasteiger partial charge in [-0.3, -0.25) is 9.78 Å². The first kappa shape index (κ1) is 28.5. The maximum Gasteiger partial charge on any atom is 0.330 e. The highest BCUT2D eigenvalue weighted by Crippen LogP contribution is 2.36. The van der Waals surface area contributed by atoms with Crippen LogP contribution in [0.15, 0.2) is 140 Å². The molecule has 0 aliphatic heterocycles. The van der Waals surface area contributed by atoms with Crippen LogP contribution in [0, 0.1) is 0 Å². The molecule has 210 valence electrons. The normalized spacial score (nSPS) is 12.2. The van der Waals surface area contributed by atoms with E-state index < -0.39 is 17.6 Å². The Morgan fingerprint density at radius 2 is 1.40 bits per heavy atom. The Labute approximate surface area is 245 Å². The topological polar surface area (TPSA) is 94.3 Å². The van der Waals surface area contributed by atoms with Gasteiger partial charge in [-0.1, -0.05) is 109 Å². The van der Waals surface area contributed by atoms with E-state index >= 15 is 0 Å². The molecule has 1 atom stereocenters. The number of esters is 1. The van der Waals surface area contributed by atoms with Gasteiger partial charge < -0.3 is 15.8 Å². The minimum Gasteiger partial charge on any atom is -0.458 e. The van der Waals surface area contributed by atoms with Gasteiger partial charge in [0.2, 0.25) is 5.91 Å². The summed E-state index contributed by atoms with van der Waals surface area (Å²) in [5, 5.41) is 5.39. The molecule has 1 heterocycles. The smallest absolute Gasteiger partial charge is 0.330 e. The molecule has 0 saturated heterocycles. The number of carbonyl (C=O) groups excluding carboxylic acids is 2. The van der Waals surface area contributed by atoms with Crippen molar-refractivity contribution in [2.75, 3.05) is 0 Å². The molecule has 6 heteroatoms. The number of ether oxygens (including phenoxy) is 1. The van der Waals surface area contributed by atoms with Crippen LogP contribution in [0.1, 0.15) is 35.1 Å². The lowest BCUT2D eigenvalue weighted by molar-refractivity contribution is -0.139. The Kier molecular flexibility index (Phi) is 9.17. The van der Waals surface area contributed by atoms with Gasteiger partial charge in [0.15, 0.2) is 0 Å². The molecule has 0 fully saturated rings. The van der Waals surface area contributed by atoms with Crippen LogP contribution in [0.2, 0.25) is 0 Å². The second-order valence-electron chi connectivity index (χ2n) is 10.1. The largest absolute Gasteiger partial charge is 0.458 e. The van der Waals surface area contributed by atoms with Crippen molar-refractivity contribution in [1.82, 2.24) is 10.3 Å². The van der Waals surface area contributed by atoms with Crippen LogP contribution in [0.4, 0.5) is 0 Å². The van der Waals surface area contributed by atoms with Gasteiger partial charge >= 0.3 is 5.97 Å². The van der Waals surface area contributed by atoms with E-state index in [4.69, 9.17) is 10.5 Å². The van der Waals surface area contributed by atoms with E-state index in [-0.39, 0.29) is 18.9 Å². The zero-order chi connectivity index (χ0) is 29.2. The lowest BCUT2D eigenvalue weighted by Crippen LogP contribution is -2.48. The van der Waals surface area contributed by atoms with Gasteiger partial charge in [0.05, 0.1) is 0 Å². The van der Waals surface area contributed by atoms with Crippen molar-refractivity contribution < 1.29 is 14.3 Å². The predicted octanol–water partition coefficient (Wildman–Crippen LogP) is 6.05.